The standard InChI is InChI=1S/C17H28N4O2/c1-2-9-22-15(5-1)10-18-14-4-3-8-21(11-14)12-16-19-17(23-20-16)13-6-7-13/h13-15,18H,1-12H2. The number of piperidine rings is 1. The van der Waals surface area contributed by atoms with E-state index in [1.165, 1.54) is 44.9 Å². The first kappa shape index (κ1) is 15.5. The SMILES string of the molecule is C1CCC(CNC2CCCN(Cc3noc(C4CC4)n3)C2)OC1. The van der Waals surface area contributed by atoms with Gasteiger partial charge in [-0.05, 0) is 51.5 Å². The number of aromatic nitrogens is 2. The first-order valence-corrected chi connectivity index (χ1v) is 9.26. The van der Waals surface area contributed by atoms with Gasteiger partial charge in [-0.1, -0.05) is 5.16 Å². The highest BCUT2D eigenvalue weighted by molar-refractivity contribution is 5.01. The number of nitrogens with zero attached hydrogens (tertiary/aromatic N) is 3. The summed E-state index contributed by atoms with van der Waals surface area (Å²) in [6, 6.07) is 0.559. The molecule has 0 spiro atoms. The number of hydrogen-bond acceptors (Lipinski definition) is 6. The fourth-order valence-corrected chi connectivity index (χ4v) is 3.66. The van der Waals surface area contributed by atoms with Crippen molar-refractivity contribution >= 4 is 0 Å². The lowest BCUT2D eigenvalue weighted by atomic mass is 10.0. The van der Waals surface area contributed by atoms with Gasteiger partial charge in [0.2, 0.25) is 5.89 Å². The van der Waals surface area contributed by atoms with Gasteiger partial charge < -0.3 is 14.6 Å². The van der Waals surface area contributed by atoms with E-state index in [-0.39, 0.29) is 0 Å². The van der Waals surface area contributed by atoms with Gasteiger partial charge in [0.1, 0.15) is 0 Å². The Morgan fingerprint density at radius 1 is 1.13 bits per heavy atom. The Labute approximate surface area is 137 Å². The van der Waals surface area contributed by atoms with E-state index in [0.29, 0.717) is 18.1 Å². The van der Waals surface area contributed by atoms with Crippen molar-refractivity contribution in [3.63, 3.8) is 0 Å². The van der Waals surface area contributed by atoms with Gasteiger partial charge in [0.15, 0.2) is 5.82 Å². The van der Waals surface area contributed by atoms with Crippen LogP contribution in [0.5, 0.6) is 0 Å². The Hall–Kier alpha value is -0.980. The summed E-state index contributed by atoms with van der Waals surface area (Å²) in [5.74, 6) is 2.24. The van der Waals surface area contributed by atoms with Crippen LogP contribution in [0.15, 0.2) is 4.52 Å². The molecule has 2 saturated heterocycles. The second kappa shape index (κ2) is 7.28. The van der Waals surface area contributed by atoms with Gasteiger partial charge in [-0.15, -0.1) is 0 Å². The highest BCUT2D eigenvalue weighted by Crippen LogP contribution is 2.38. The van der Waals surface area contributed by atoms with Gasteiger partial charge in [0.25, 0.3) is 0 Å². The molecule has 2 atom stereocenters. The monoisotopic (exact) mass is 320 g/mol. The number of rotatable bonds is 6. The Balaban J connectivity index is 1.23. The molecule has 3 fully saturated rings. The zero-order valence-corrected chi connectivity index (χ0v) is 13.9. The van der Waals surface area contributed by atoms with Crippen LogP contribution in [0.3, 0.4) is 0 Å². The van der Waals surface area contributed by atoms with E-state index in [1.54, 1.807) is 0 Å². The average Bonchev–Trinajstić information content (AvgIpc) is 3.34. The maximum Gasteiger partial charge on any atom is 0.229 e. The van der Waals surface area contributed by atoms with Crippen LogP contribution in [0, 0.1) is 0 Å². The van der Waals surface area contributed by atoms with Crippen LogP contribution in [0.4, 0.5) is 0 Å². The molecule has 0 amide bonds. The summed E-state index contributed by atoms with van der Waals surface area (Å²) in [4.78, 5) is 7.00. The van der Waals surface area contributed by atoms with Crippen molar-refractivity contribution in [2.75, 3.05) is 26.2 Å². The Bertz CT molecular complexity index is 497. The van der Waals surface area contributed by atoms with Crippen LogP contribution in [0.1, 0.15) is 62.6 Å². The summed E-state index contributed by atoms with van der Waals surface area (Å²) in [5.41, 5.74) is 0. The van der Waals surface area contributed by atoms with Crippen LogP contribution in [-0.2, 0) is 11.3 Å². The Morgan fingerprint density at radius 2 is 2.09 bits per heavy atom. The summed E-state index contributed by atoms with van der Waals surface area (Å²) in [5, 5.41) is 7.86. The van der Waals surface area contributed by atoms with Crippen molar-refractivity contribution in [2.45, 2.75) is 69.6 Å². The van der Waals surface area contributed by atoms with Crippen molar-refractivity contribution in [1.82, 2.24) is 20.4 Å². The zero-order chi connectivity index (χ0) is 15.5. The molecular formula is C17H28N4O2. The average molecular weight is 320 g/mol. The number of ether oxygens (including phenoxy) is 1. The zero-order valence-electron chi connectivity index (χ0n) is 13.9. The normalized spacial score (nSPS) is 29.7. The molecule has 23 heavy (non-hydrogen) atoms. The van der Waals surface area contributed by atoms with Crippen molar-refractivity contribution in [3.05, 3.63) is 11.7 Å². The van der Waals surface area contributed by atoms with E-state index < -0.39 is 0 Å². The third-order valence-electron chi connectivity index (χ3n) is 5.19. The van der Waals surface area contributed by atoms with Crippen LogP contribution in [0.2, 0.25) is 0 Å². The predicted octanol–water partition coefficient (Wildman–Crippen LogP) is 2.07. The summed E-state index contributed by atoms with van der Waals surface area (Å²) in [6.45, 7) is 4.94. The summed E-state index contributed by atoms with van der Waals surface area (Å²) in [6.07, 6.45) is 9.06. The molecule has 1 aromatic rings. The molecule has 1 aromatic heterocycles. The van der Waals surface area contributed by atoms with Crippen molar-refractivity contribution in [2.24, 2.45) is 0 Å². The molecule has 6 heteroatoms. The molecule has 128 valence electrons. The van der Waals surface area contributed by atoms with E-state index in [2.05, 4.69) is 20.4 Å². The van der Waals surface area contributed by atoms with Gasteiger partial charge in [-0.3, -0.25) is 4.90 Å². The molecule has 1 aliphatic carbocycles. The van der Waals surface area contributed by atoms with Crippen LogP contribution in [0.25, 0.3) is 0 Å². The minimum absolute atomic E-state index is 0.414. The maximum absolute atomic E-state index is 5.81. The fraction of sp³-hybridized carbons (Fsp3) is 0.882. The van der Waals surface area contributed by atoms with E-state index in [9.17, 15) is 0 Å². The van der Waals surface area contributed by atoms with E-state index in [1.807, 2.05) is 0 Å². The van der Waals surface area contributed by atoms with E-state index >= 15 is 0 Å². The predicted molar refractivity (Wildman–Crippen MR) is 86.2 cm³/mol. The molecule has 3 aliphatic rings. The molecule has 0 bridgehead atoms. The smallest absolute Gasteiger partial charge is 0.229 e. The Kier molecular flexibility index (Phi) is 4.92. The van der Waals surface area contributed by atoms with Crippen molar-refractivity contribution < 1.29 is 9.26 Å². The van der Waals surface area contributed by atoms with Crippen molar-refractivity contribution in [3.8, 4) is 0 Å². The van der Waals surface area contributed by atoms with Gasteiger partial charge >= 0.3 is 0 Å². The maximum atomic E-state index is 5.81. The van der Waals surface area contributed by atoms with Gasteiger partial charge in [-0.2, -0.15) is 4.98 Å². The molecule has 0 aromatic carbocycles. The second-order valence-electron chi connectivity index (χ2n) is 7.29. The molecule has 1 saturated carbocycles. The topological polar surface area (TPSA) is 63.4 Å². The first-order valence-electron chi connectivity index (χ1n) is 9.26. The number of likely N-dealkylation sites (tertiary alicyclic amines) is 1. The lowest BCUT2D eigenvalue weighted by Gasteiger charge is -2.33. The molecule has 4 rings (SSSR count). The summed E-state index contributed by atoms with van der Waals surface area (Å²) >= 11 is 0. The highest BCUT2D eigenvalue weighted by atomic mass is 16.5. The quantitative estimate of drug-likeness (QED) is 0.866. The third-order valence-corrected chi connectivity index (χ3v) is 5.19. The molecular weight excluding hydrogens is 292 g/mol. The Morgan fingerprint density at radius 3 is 2.91 bits per heavy atom. The second-order valence-corrected chi connectivity index (χ2v) is 7.29. The molecule has 3 heterocycles. The summed E-state index contributed by atoms with van der Waals surface area (Å²) < 4.78 is 11.2. The van der Waals surface area contributed by atoms with Gasteiger partial charge in [0, 0.05) is 31.7 Å². The number of hydrogen-bond donors (Lipinski definition) is 1. The van der Waals surface area contributed by atoms with Crippen LogP contribution >= 0.6 is 0 Å². The minimum Gasteiger partial charge on any atom is -0.377 e. The highest BCUT2D eigenvalue weighted by Gasteiger charge is 2.30. The molecule has 2 aliphatic heterocycles. The summed E-state index contributed by atoms with van der Waals surface area (Å²) in [7, 11) is 0. The van der Waals surface area contributed by atoms with Crippen LogP contribution < -0.4 is 5.32 Å². The minimum atomic E-state index is 0.414. The third kappa shape index (κ3) is 4.31. The van der Waals surface area contributed by atoms with Crippen LogP contribution in [-0.4, -0.2) is 53.4 Å². The lowest BCUT2D eigenvalue weighted by molar-refractivity contribution is 0.0134. The number of nitrogens with one attached hydrogen (secondary N) is 1. The van der Waals surface area contributed by atoms with Gasteiger partial charge in [-0.25, -0.2) is 0 Å². The van der Waals surface area contributed by atoms with Crippen molar-refractivity contribution in [1.29, 1.82) is 0 Å². The largest absolute Gasteiger partial charge is 0.377 e. The fourth-order valence-electron chi connectivity index (χ4n) is 3.66. The molecule has 2 unspecified atom stereocenters. The molecule has 1 N–H and O–H groups in total. The van der Waals surface area contributed by atoms with Gasteiger partial charge in [0.05, 0.1) is 12.6 Å². The lowest BCUT2D eigenvalue weighted by Crippen LogP contribution is -2.47. The molecule has 6 nitrogen and oxygen atoms in total. The molecule has 0 radical (unpaired) electrons. The van der Waals surface area contributed by atoms with E-state index in [4.69, 9.17) is 9.26 Å². The van der Waals surface area contributed by atoms with E-state index in [0.717, 1.165) is 44.5 Å². The first-order chi connectivity index (χ1) is 11.4.